The standard InChI is InChI=1S/C70H127NO10/c1-3-5-7-9-11-13-15-16-30-33-37-40-44-48-52-56-63(73)62(61-80-70-69(78)68(77)67(76)64(60-72)81-70)71-65(74)57-53-49-45-41-38-34-31-28-26-24-22-20-18-17-19-21-23-25-27-29-32-35-39-43-47-51-55-59-79-66(75)58-54-50-46-42-36-14-12-10-8-6-4-2/h10,12,17-18,21,23,37,40,52,56,62-64,67-70,72-73,76-78H,3-9,11,13-16,19-20,22,24-36,38-39,41-51,53-55,57-61H2,1-2H3,(H,71,74)/b12-10-,18-17-,23-21-,40-37+,56-52+. The summed E-state index contributed by atoms with van der Waals surface area (Å²) in [6.07, 6.45) is 67.6. The van der Waals surface area contributed by atoms with Crippen LogP contribution in [0.15, 0.2) is 60.8 Å². The number of rotatable bonds is 59. The predicted molar refractivity (Wildman–Crippen MR) is 338 cm³/mol. The third-order valence-corrected chi connectivity index (χ3v) is 15.8. The van der Waals surface area contributed by atoms with Crippen LogP contribution in [0.5, 0.6) is 0 Å². The first-order valence-electron chi connectivity index (χ1n) is 34.1. The Hall–Kier alpha value is -2.64. The average molecular weight is 1140 g/mol. The molecule has 0 aromatic heterocycles. The lowest BCUT2D eigenvalue weighted by Gasteiger charge is -2.40. The Kier molecular flexibility index (Phi) is 55.7. The first-order valence-corrected chi connectivity index (χ1v) is 34.1. The highest BCUT2D eigenvalue weighted by atomic mass is 16.7. The quantitative estimate of drug-likeness (QED) is 0.0195. The molecule has 81 heavy (non-hydrogen) atoms. The molecule has 11 nitrogen and oxygen atoms in total. The van der Waals surface area contributed by atoms with Crippen LogP contribution < -0.4 is 5.32 Å². The van der Waals surface area contributed by atoms with Crippen molar-refractivity contribution in [2.45, 2.75) is 352 Å². The Morgan fingerprint density at radius 1 is 0.457 bits per heavy atom. The monoisotopic (exact) mass is 1140 g/mol. The lowest BCUT2D eigenvalue weighted by molar-refractivity contribution is -0.302. The van der Waals surface area contributed by atoms with Crippen LogP contribution in [0.2, 0.25) is 0 Å². The normalized spacial score (nSPS) is 18.6. The maximum Gasteiger partial charge on any atom is 0.305 e. The van der Waals surface area contributed by atoms with Gasteiger partial charge in [-0.2, -0.15) is 0 Å². The van der Waals surface area contributed by atoms with Crippen LogP contribution >= 0.6 is 0 Å². The van der Waals surface area contributed by atoms with Gasteiger partial charge in [-0.1, -0.05) is 261 Å². The van der Waals surface area contributed by atoms with Crippen LogP contribution in [0.3, 0.4) is 0 Å². The molecule has 0 aliphatic carbocycles. The highest BCUT2D eigenvalue weighted by Gasteiger charge is 2.44. The van der Waals surface area contributed by atoms with Gasteiger partial charge in [0.25, 0.3) is 0 Å². The molecule has 472 valence electrons. The van der Waals surface area contributed by atoms with E-state index in [0.717, 1.165) is 77.0 Å². The maximum absolute atomic E-state index is 13.1. The second kappa shape index (κ2) is 59.1. The van der Waals surface area contributed by atoms with Gasteiger partial charge in [0.15, 0.2) is 6.29 Å². The molecule has 0 saturated carbocycles. The smallest absolute Gasteiger partial charge is 0.305 e. The van der Waals surface area contributed by atoms with E-state index in [-0.39, 0.29) is 18.5 Å². The number of esters is 1. The molecule has 0 aromatic rings. The van der Waals surface area contributed by atoms with Gasteiger partial charge in [0, 0.05) is 12.8 Å². The number of hydrogen-bond donors (Lipinski definition) is 6. The van der Waals surface area contributed by atoms with Crippen LogP contribution in [-0.4, -0.2) is 100 Å². The van der Waals surface area contributed by atoms with Crippen LogP contribution in [-0.2, 0) is 23.8 Å². The minimum atomic E-state index is -1.58. The lowest BCUT2D eigenvalue weighted by atomic mass is 9.99. The fraction of sp³-hybridized carbons (Fsp3) is 0.829. The fourth-order valence-corrected chi connectivity index (χ4v) is 10.4. The number of aliphatic hydroxyl groups is 5. The number of unbranched alkanes of at least 4 members (excludes halogenated alkanes) is 37. The van der Waals surface area contributed by atoms with Gasteiger partial charge in [0.05, 0.1) is 32.0 Å². The molecule has 0 spiro atoms. The van der Waals surface area contributed by atoms with E-state index in [9.17, 15) is 35.1 Å². The van der Waals surface area contributed by atoms with E-state index in [1.165, 1.54) is 205 Å². The number of carbonyl (C=O) groups excluding carboxylic acids is 2. The molecule has 7 unspecified atom stereocenters. The van der Waals surface area contributed by atoms with Crippen molar-refractivity contribution in [3.63, 3.8) is 0 Å². The number of nitrogens with one attached hydrogen (secondary N) is 1. The van der Waals surface area contributed by atoms with Crippen LogP contribution in [0.4, 0.5) is 0 Å². The third kappa shape index (κ3) is 48.3. The zero-order valence-electron chi connectivity index (χ0n) is 52.2. The van der Waals surface area contributed by atoms with Crippen molar-refractivity contribution in [1.29, 1.82) is 0 Å². The van der Waals surface area contributed by atoms with Gasteiger partial charge in [-0.15, -0.1) is 0 Å². The summed E-state index contributed by atoms with van der Waals surface area (Å²) < 4.78 is 16.7. The van der Waals surface area contributed by atoms with Gasteiger partial charge in [-0.05, 0) is 96.3 Å². The summed E-state index contributed by atoms with van der Waals surface area (Å²) >= 11 is 0. The number of carbonyl (C=O) groups is 2. The molecular formula is C70H127NO10. The topological polar surface area (TPSA) is 175 Å². The largest absolute Gasteiger partial charge is 0.466 e. The molecule has 1 fully saturated rings. The second-order valence-electron chi connectivity index (χ2n) is 23.5. The zero-order valence-corrected chi connectivity index (χ0v) is 52.2. The van der Waals surface area contributed by atoms with E-state index in [1.807, 2.05) is 6.08 Å². The third-order valence-electron chi connectivity index (χ3n) is 15.8. The summed E-state index contributed by atoms with van der Waals surface area (Å²) in [5.41, 5.74) is 0. The summed E-state index contributed by atoms with van der Waals surface area (Å²) in [5, 5.41) is 54.5. The van der Waals surface area contributed by atoms with E-state index in [0.29, 0.717) is 19.4 Å². The van der Waals surface area contributed by atoms with Crippen molar-refractivity contribution in [3.8, 4) is 0 Å². The minimum Gasteiger partial charge on any atom is -0.466 e. The SMILES string of the molecule is CCCC/C=C\CCCCCCCC(=O)OCCCCCCCCCCC/C=C\C/C=C\CCCCCCCCCCCCCC(=O)NC(COC1OC(CO)C(O)C(O)C1O)C(O)/C=C/CC/C=C/CCCCCCCCCCC. The van der Waals surface area contributed by atoms with Crippen molar-refractivity contribution in [2.75, 3.05) is 19.8 Å². The fourth-order valence-electron chi connectivity index (χ4n) is 10.4. The number of hydrogen-bond acceptors (Lipinski definition) is 10. The maximum atomic E-state index is 13.1. The first kappa shape index (κ1) is 76.4. The number of allylic oxidation sites excluding steroid dienone is 9. The Morgan fingerprint density at radius 3 is 1.33 bits per heavy atom. The lowest BCUT2D eigenvalue weighted by Crippen LogP contribution is -2.60. The molecule has 1 amide bonds. The van der Waals surface area contributed by atoms with Gasteiger partial charge >= 0.3 is 5.97 Å². The second-order valence-corrected chi connectivity index (χ2v) is 23.5. The van der Waals surface area contributed by atoms with E-state index >= 15 is 0 Å². The zero-order chi connectivity index (χ0) is 58.7. The molecule has 1 heterocycles. The molecule has 6 N–H and O–H groups in total. The van der Waals surface area contributed by atoms with Gasteiger partial charge < -0.3 is 45.1 Å². The number of aliphatic hydroxyl groups excluding tert-OH is 5. The summed E-state index contributed by atoms with van der Waals surface area (Å²) in [5.74, 6) is -0.205. The van der Waals surface area contributed by atoms with Crippen molar-refractivity contribution in [2.24, 2.45) is 0 Å². The van der Waals surface area contributed by atoms with E-state index in [4.69, 9.17) is 14.2 Å². The molecule has 0 radical (unpaired) electrons. The van der Waals surface area contributed by atoms with Gasteiger partial charge in [-0.25, -0.2) is 0 Å². The molecule has 1 aliphatic rings. The van der Waals surface area contributed by atoms with Crippen LogP contribution in [0.1, 0.15) is 309 Å². The van der Waals surface area contributed by atoms with Crippen molar-refractivity contribution < 1.29 is 49.3 Å². The van der Waals surface area contributed by atoms with Gasteiger partial charge in [0.1, 0.15) is 24.4 Å². The predicted octanol–water partition coefficient (Wildman–Crippen LogP) is 17.0. The Bertz CT molecular complexity index is 1530. The van der Waals surface area contributed by atoms with Crippen LogP contribution in [0.25, 0.3) is 0 Å². The molecule has 1 saturated heterocycles. The molecule has 1 aliphatic heterocycles. The molecule has 0 aromatic carbocycles. The van der Waals surface area contributed by atoms with Crippen molar-refractivity contribution >= 4 is 11.9 Å². The van der Waals surface area contributed by atoms with Crippen LogP contribution in [0, 0.1) is 0 Å². The Balaban J connectivity index is 2.05. The number of ether oxygens (including phenoxy) is 3. The van der Waals surface area contributed by atoms with Gasteiger partial charge in [-0.3, -0.25) is 9.59 Å². The Morgan fingerprint density at radius 2 is 0.852 bits per heavy atom. The Labute approximate surface area is 497 Å². The summed E-state index contributed by atoms with van der Waals surface area (Å²) in [4.78, 5) is 25.1. The molecule has 0 bridgehead atoms. The highest BCUT2D eigenvalue weighted by Crippen LogP contribution is 2.23. The first-order chi connectivity index (χ1) is 39.7. The molecule has 7 atom stereocenters. The van der Waals surface area contributed by atoms with E-state index < -0.39 is 49.5 Å². The number of amides is 1. The van der Waals surface area contributed by atoms with E-state index in [1.54, 1.807) is 6.08 Å². The summed E-state index contributed by atoms with van der Waals surface area (Å²) in [6.45, 7) is 4.30. The minimum absolute atomic E-state index is 0.0107. The molecule has 11 heteroatoms. The van der Waals surface area contributed by atoms with Crippen molar-refractivity contribution in [3.05, 3.63) is 60.8 Å². The van der Waals surface area contributed by atoms with Gasteiger partial charge in [0.2, 0.25) is 5.91 Å². The molecule has 1 rings (SSSR count). The molecular weight excluding hydrogens is 1010 g/mol. The van der Waals surface area contributed by atoms with Crippen molar-refractivity contribution in [1.82, 2.24) is 5.32 Å². The van der Waals surface area contributed by atoms with E-state index in [2.05, 4.69) is 67.8 Å². The highest BCUT2D eigenvalue weighted by molar-refractivity contribution is 5.76. The average Bonchev–Trinajstić information content (AvgIpc) is 3.51. The summed E-state index contributed by atoms with van der Waals surface area (Å²) in [7, 11) is 0. The summed E-state index contributed by atoms with van der Waals surface area (Å²) in [6, 6.07) is -0.832.